The summed E-state index contributed by atoms with van der Waals surface area (Å²) in [6.45, 7) is 4.96. The van der Waals surface area contributed by atoms with Gasteiger partial charge in [-0.1, -0.05) is 27.2 Å². The lowest BCUT2D eigenvalue weighted by Crippen LogP contribution is -2.27. The molecule has 2 aliphatic rings. The van der Waals surface area contributed by atoms with Gasteiger partial charge >= 0.3 is 5.97 Å². The van der Waals surface area contributed by atoms with Crippen LogP contribution in [-0.4, -0.2) is 38.5 Å². The Hall–Kier alpha value is -2.57. The minimum Gasteiger partial charge on any atom is -0.493 e. The highest BCUT2D eigenvalue weighted by molar-refractivity contribution is 6.03. The van der Waals surface area contributed by atoms with Gasteiger partial charge in [0.1, 0.15) is 0 Å². The first-order valence-corrected chi connectivity index (χ1v) is 10.9. The van der Waals surface area contributed by atoms with Crippen molar-refractivity contribution in [2.75, 3.05) is 26.1 Å². The summed E-state index contributed by atoms with van der Waals surface area (Å²) in [5.41, 5.74) is -0.199. The maximum absolute atomic E-state index is 12.8. The maximum atomic E-state index is 12.8. The Labute approximate surface area is 183 Å². The Morgan fingerprint density at radius 2 is 1.71 bits per heavy atom. The predicted molar refractivity (Wildman–Crippen MR) is 116 cm³/mol. The van der Waals surface area contributed by atoms with Crippen molar-refractivity contribution in [3.05, 3.63) is 17.7 Å². The smallest absolute Gasteiger partial charge is 0.340 e. The number of amides is 1. The number of ketones is 1. The molecule has 1 amide bonds. The highest BCUT2D eigenvalue weighted by Crippen LogP contribution is 2.49. The molecule has 0 heterocycles. The molecule has 2 aliphatic carbocycles. The molecule has 0 saturated heterocycles. The fraction of sp³-hybridized carbons (Fsp3) is 0.625. The predicted octanol–water partition coefficient (Wildman–Crippen LogP) is 4.24. The molecule has 7 nitrogen and oxygen atoms in total. The van der Waals surface area contributed by atoms with Crippen LogP contribution in [0, 0.1) is 23.2 Å². The first-order valence-electron chi connectivity index (χ1n) is 10.9. The van der Waals surface area contributed by atoms with E-state index in [2.05, 4.69) is 5.32 Å². The van der Waals surface area contributed by atoms with Gasteiger partial charge in [-0.2, -0.15) is 0 Å². The molecule has 0 aliphatic heterocycles. The van der Waals surface area contributed by atoms with Crippen LogP contribution in [0.15, 0.2) is 12.1 Å². The van der Waals surface area contributed by atoms with Gasteiger partial charge in [0, 0.05) is 24.0 Å². The molecular weight excluding hydrogens is 398 g/mol. The third kappa shape index (κ3) is 5.38. The van der Waals surface area contributed by atoms with E-state index >= 15 is 0 Å². The van der Waals surface area contributed by atoms with Gasteiger partial charge in [0.15, 0.2) is 23.9 Å². The topological polar surface area (TPSA) is 90.9 Å². The number of esters is 1. The number of methoxy groups -OCH3 is 2. The highest BCUT2D eigenvalue weighted by Gasteiger charge is 2.40. The quantitative estimate of drug-likeness (QED) is 0.619. The summed E-state index contributed by atoms with van der Waals surface area (Å²) in [4.78, 5) is 37.7. The zero-order valence-corrected chi connectivity index (χ0v) is 19.1. The van der Waals surface area contributed by atoms with Gasteiger partial charge in [-0.15, -0.1) is 0 Å². The minimum atomic E-state index is -0.700. The lowest BCUT2D eigenvalue weighted by molar-refractivity contribution is -0.129. The van der Waals surface area contributed by atoms with Gasteiger partial charge in [0.25, 0.3) is 0 Å². The number of fused-ring (bicyclic) bond motifs is 2. The van der Waals surface area contributed by atoms with E-state index in [1.807, 2.05) is 0 Å². The number of benzene rings is 1. The van der Waals surface area contributed by atoms with Crippen molar-refractivity contribution in [3.63, 3.8) is 0 Å². The molecule has 3 unspecified atom stereocenters. The van der Waals surface area contributed by atoms with E-state index in [-0.39, 0.29) is 23.9 Å². The number of ether oxygens (including phenoxy) is 3. The van der Waals surface area contributed by atoms with E-state index < -0.39 is 11.4 Å². The van der Waals surface area contributed by atoms with E-state index in [0.717, 1.165) is 12.3 Å². The number of rotatable bonds is 8. The second-order valence-electron chi connectivity index (χ2n) is 9.69. The van der Waals surface area contributed by atoms with Gasteiger partial charge in [0.05, 0.1) is 25.5 Å². The number of carbonyl (C=O) groups excluding carboxylic acids is 3. The molecule has 2 saturated carbocycles. The van der Waals surface area contributed by atoms with Crippen molar-refractivity contribution in [1.82, 2.24) is 0 Å². The number of hydrogen-bond acceptors (Lipinski definition) is 6. The van der Waals surface area contributed by atoms with Crippen molar-refractivity contribution in [3.8, 4) is 11.5 Å². The number of hydrogen-bond donors (Lipinski definition) is 1. The van der Waals surface area contributed by atoms with Crippen LogP contribution in [0.4, 0.5) is 5.69 Å². The number of carbonyl (C=O) groups is 3. The summed E-state index contributed by atoms with van der Waals surface area (Å²) in [6.07, 6.45) is 5.26. The van der Waals surface area contributed by atoms with E-state index in [1.165, 1.54) is 39.5 Å². The van der Waals surface area contributed by atoms with Crippen LogP contribution < -0.4 is 14.8 Å². The molecule has 1 aromatic carbocycles. The van der Waals surface area contributed by atoms with Crippen LogP contribution >= 0.6 is 0 Å². The first-order chi connectivity index (χ1) is 14.6. The van der Waals surface area contributed by atoms with E-state index in [1.54, 1.807) is 26.8 Å². The molecule has 3 atom stereocenters. The van der Waals surface area contributed by atoms with Crippen LogP contribution in [-0.2, 0) is 14.3 Å². The largest absolute Gasteiger partial charge is 0.493 e. The van der Waals surface area contributed by atoms with Crippen molar-refractivity contribution >= 4 is 23.3 Å². The Morgan fingerprint density at radius 3 is 2.26 bits per heavy atom. The van der Waals surface area contributed by atoms with Crippen LogP contribution in [0.25, 0.3) is 0 Å². The average Bonchev–Trinajstić information content (AvgIpc) is 3.33. The second-order valence-corrected chi connectivity index (χ2v) is 9.69. The van der Waals surface area contributed by atoms with Crippen LogP contribution in [0.3, 0.4) is 0 Å². The molecule has 3 rings (SSSR count). The summed E-state index contributed by atoms with van der Waals surface area (Å²) in [5, 5.41) is 2.86. The number of Topliss-reactive ketones (excluding diaryl/α,β-unsaturated/α-hetero) is 1. The Morgan fingerprint density at radius 1 is 1.03 bits per heavy atom. The summed E-state index contributed by atoms with van der Waals surface area (Å²) in [7, 11) is 2.95. The molecule has 170 valence electrons. The minimum absolute atomic E-state index is 0.126. The normalized spacial score (nSPS) is 22.2. The molecule has 31 heavy (non-hydrogen) atoms. The molecule has 1 N–H and O–H groups in total. The van der Waals surface area contributed by atoms with Crippen molar-refractivity contribution < 1.29 is 28.6 Å². The number of anilines is 1. The molecule has 2 fully saturated rings. The molecule has 7 heteroatoms. The summed E-state index contributed by atoms with van der Waals surface area (Å²) in [5.74, 6) is 1.49. The third-order valence-electron chi connectivity index (χ3n) is 6.52. The van der Waals surface area contributed by atoms with Crippen molar-refractivity contribution in [1.29, 1.82) is 0 Å². The van der Waals surface area contributed by atoms with Crippen LogP contribution in [0.2, 0.25) is 0 Å². The summed E-state index contributed by atoms with van der Waals surface area (Å²) < 4.78 is 15.9. The van der Waals surface area contributed by atoms with Crippen LogP contribution in [0.5, 0.6) is 11.5 Å². The molecule has 0 aromatic heterocycles. The average molecular weight is 432 g/mol. The zero-order valence-electron chi connectivity index (χ0n) is 19.1. The molecule has 2 bridgehead atoms. The number of nitrogens with one attached hydrogen (secondary N) is 1. The molecule has 0 radical (unpaired) electrons. The Bertz CT molecular complexity index is 856. The van der Waals surface area contributed by atoms with Gasteiger partial charge in [-0.05, 0) is 37.0 Å². The fourth-order valence-corrected chi connectivity index (χ4v) is 4.64. The lowest BCUT2D eigenvalue weighted by atomic mass is 9.86. The SMILES string of the molecule is COc1cc(NC(=O)CC2CC3CCC2C3)c(C(=O)OCC(=O)C(C)(C)C)cc1OC. The lowest BCUT2D eigenvalue weighted by Gasteiger charge is -2.21. The monoisotopic (exact) mass is 431 g/mol. The summed E-state index contributed by atoms with van der Waals surface area (Å²) in [6, 6.07) is 3.02. The molecule has 0 spiro atoms. The fourth-order valence-electron chi connectivity index (χ4n) is 4.64. The van der Waals surface area contributed by atoms with Gasteiger partial charge in [0.2, 0.25) is 5.91 Å². The second kappa shape index (κ2) is 9.28. The molecular formula is C24H33NO6. The van der Waals surface area contributed by atoms with Crippen molar-refractivity contribution in [2.45, 2.75) is 52.9 Å². The summed E-state index contributed by atoms with van der Waals surface area (Å²) >= 11 is 0. The molecule has 1 aromatic rings. The maximum Gasteiger partial charge on any atom is 0.340 e. The van der Waals surface area contributed by atoms with Crippen LogP contribution in [0.1, 0.15) is 63.2 Å². The third-order valence-corrected chi connectivity index (χ3v) is 6.52. The first kappa shape index (κ1) is 23.1. The van der Waals surface area contributed by atoms with E-state index in [4.69, 9.17) is 14.2 Å². The highest BCUT2D eigenvalue weighted by atomic mass is 16.5. The van der Waals surface area contributed by atoms with Gasteiger partial charge in [-0.25, -0.2) is 4.79 Å². The Kier molecular flexibility index (Phi) is 6.92. The van der Waals surface area contributed by atoms with Crippen molar-refractivity contribution in [2.24, 2.45) is 23.2 Å². The van der Waals surface area contributed by atoms with E-state index in [0.29, 0.717) is 35.4 Å². The zero-order chi connectivity index (χ0) is 22.8. The standard InChI is InChI=1S/C24H33NO6/c1-24(2,3)21(26)13-31-23(28)17-11-19(29-4)20(30-5)12-18(17)25-22(27)10-16-9-14-6-7-15(16)8-14/h11-12,14-16H,6-10,13H2,1-5H3,(H,25,27). The van der Waals surface area contributed by atoms with Gasteiger partial charge < -0.3 is 19.5 Å². The van der Waals surface area contributed by atoms with E-state index in [9.17, 15) is 14.4 Å². The Balaban J connectivity index is 1.76. The van der Waals surface area contributed by atoms with Gasteiger partial charge in [-0.3, -0.25) is 9.59 Å².